The van der Waals surface area contributed by atoms with Gasteiger partial charge in [0, 0.05) is 12.6 Å². The number of carboxylic acids is 1. The van der Waals surface area contributed by atoms with Crippen molar-refractivity contribution in [2.45, 2.75) is 33.3 Å². The maximum absolute atomic E-state index is 11.3. The van der Waals surface area contributed by atoms with Crippen LogP contribution in [0.4, 0.5) is 0 Å². The van der Waals surface area contributed by atoms with E-state index in [2.05, 4.69) is 20.5 Å². The van der Waals surface area contributed by atoms with Crippen molar-refractivity contribution in [3.8, 4) is 27.7 Å². The van der Waals surface area contributed by atoms with Gasteiger partial charge in [-0.2, -0.15) is 0 Å². The molecule has 3 aromatic rings. The molecule has 1 atom stereocenters. The quantitative estimate of drug-likeness (QED) is 0.708. The van der Waals surface area contributed by atoms with E-state index >= 15 is 0 Å². The van der Waals surface area contributed by atoms with Crippen molar-refractivity contribution in [2.75, 3.05) is 0 Å². The van der Waals surface area contributed by atoms with Gasteiger partial charge in [0.05, 0.1) is 17.4 Å². The molecule has 2 aromatic heterocycles. The number of aromatic nitrogens is 5. The first-order chi connectivity index (χ1) is 12.4. The lowest BCUT2D eigenvalue weighted by molar-refractivity contribution is 0.0701. The molecular formula is C17H19N5O3S. The number of thiazole rings is 1. The molecule has 0 aliphatic rings. The molecule has 136 valence electrons. The molecule has 8 nitrogen and oxygen atoms in total. The van der Waals surface area contributed by atoms with Gasteiger partial charge in [-0.1, -0.05) is 6.92 Å². The highest BCUT2D eigenvalue weighted by atomic mass is 32.1. The Bertz CT molecular complexity index is 950. The second-order valence-electron chi connectivity index (χ2n) is 5.91. The van der Waals surface area contributed by atoms with E-state index in [4.69, 9.17) is 4.74 Å². The van der Waals surface area contributed by atoms with Gasteiger partial charge in [-0.05, 0) is 48.9 Å². The first-order valence-corrected chi connectivity index (χ1v) is 8.96. The second-order valence-corrected chi connectivity index (χ2v) is 6.91. The number of carbonyl (C=O) groups is 1. The Hall–Kier alpha value is -2.81. The minimum Gasteiger partial charge on any atom is -0.490 e. The van der Waals surface area contributed by atoms with E-state index in [1.54, 1.807) is 18.7 Å². The molecule has 0 fully saturated rings. The lowest BCUT2D eigenvalue weighted by Crippen LogP contribution is -2.11. The highest BCUT2D eigenvalue weighted by Crippen LogP contribution is 2.36. The van der Waals surface area contributed by atoms with Crippen molar-refractivity contribution in [3.63, 3.8) is 0 Å². The van der Waals surface area contributed by atoms with Crippen LogP contribution in [0.15, 0.2) is 18.2 Å². The van der Waals surface area contributed by atoms with Crippen LogP contribution in [0.25, 0.3) is 22.0 Å². The van der Waals surface area contributed by atoms with Crippen LogP contribution in [0.1, 0.15) is 35.6 Å². The predicted molar refractivity (Wildman–Crippen MR) is 97.4 cm³/mol. The molecule has 0 aliphatic heterocycles. The third-order valence-corrected chi connectivity index (χ3v) is 5.18. The summed E-state index contributed by atoms with van der Waals surface area (Å²) in [6, 6.07) is 5.60. The Balaban J connectivity index is 2.10. The zero-order valence-electron chi connectivity index (χ0n) is 14.9. The maximum atomic E-state index is 11.3. The van der Waals surface area contributed by atoms with Gasteiger partial charge in [-0.25, -0.2) is 14.5 Å². The monoisotopic (exact) mass is 373 g/mol. The van der Waals surface area contributed by atoms with Crippen LogP contribution in [-0.2, 0) is 7.05 Å². The summed E-state index contributed by atoms with van der Waals surface area (Å²) in [5.41, 5.74) is 2.03. The van der Waals surface area contributed by atoms with E-state index < -0.39 is 5.97 Å². The molecule has 0 radical (unpaired) electrons. The molecule has 0 spiro atoms. The van der Waals surface area contributed by atoms with Crippen LogP contribution < -0.4 is 4.74 Å². The summed E-state index contributed by atoms with van der Waals surface area (Å²) in [5, 5.41) is 21.6. The first-order valence-electron chi connectivity index (χ1n) is 8.15. The van der Waals surface area contributed by atoms with Crippen molar-refractivity contribution < 1.29 is 14.6 Å². The van der Waals surface area contributed by atoms with Gasteiger partial charge in [0.1, 0.15) is 15.6 Å². The van der Waals surface area contributed by atoms with E-state index in [1.807, 2.05) is 32.0 Å². The summed E-state index contributed by atoms with van der Waals surface area (Å²) in [6.45, 7) is 5.74. The molecule has 1 N–H and O–H groups in total. The standard InChI is InChI=1S/C17H19N5O3S/c1-5-9(2)25-13-7-6-11(8-12(13)15-19-20-21-22(15)4)16-18-10(3)14(26-16)17(23)24/h6-9H,5H2,1-4H3,(H,23,24)/t9-/m0/s1. The molecule has 3 rings (SSSR count). The summed E-state index contributed by atoms with van der Waals surface area (Å²) >= 11 is 1.15. The number of hydrogen-bond acceptors (Lipinski definition) is 7. The van der Waals surface area contributed by atoms with Gasteiger partial charge in [-0.15, -0.1) is 16.4 Å². The van der Waals surface area contributed by atoms with Gasteiger partial charge in [0.2, 0.25) is 0 Å². The van der Waals surface area contributed by atoms with Crippen LogP contribution in [0.5, 0.6) is 5.75 Å². The minimum atomic E-state index is -0.972. The summed E-state index contributed by atoms with van der Waals surface area (Å²) in [7, 11) is 1.76. The molecule has 1 aromatic carbocycles. The Morgan fingerprint density at radius 3 is 2.77 bits per heavy atom. The second kappa shape index (κ2) is 7.20. The molecular weight excluding hydrogens is 354 g/mol. The summed E-state index contributed by atoms with van der Waals surface area (Å²) < 4.78 is 7.58. The number of ether oxygens (including phenoxy) is 1. The number of aryl methyl sites for hydroxylation is 2. The van der Waals surface area contributed by atoms with Crippen LogP contribution in [0.3, 0.4) is 0 Å². The lowest BCUT2D eigenvalue weighted by Gasteiger charge is -2.16. The van der Waals surface area contributed by atoms with E-state index in [-0.39, 0.29) is 11.0 Å². The van der Waals surface area contributed by atoms with E-state index in [1.165, 1.54) is 0 Å². The zero-order valence-corrected chi connectivity index (χ0v) is 15.7. The Morgan fingerprint density at radius 2 is 2.19 bits per heavy atom. The fraction of sp³-hybridized carbons (Fsp3) is 0.353. The molecule has 26 heavy (non-hydrogen) atoms. The van der Waals surface area contributed by atoms with Gasteiger partial charge >= 0.3 is 5.97 Å². The predicted octanol–water partition coefficient (Wildman–Crippen LogP) is 3.18. The normalized spacial score (nSPS) is 12.2. The Morgan fingerprint density at radius 1 is 1.42 bits per heavy atom. The number of benzene rings is 1. The SMILES string of the molecule is CC[C@H](C)Oc1ccc(-c2nc(C)c(C(=O)O)s2)cc1-c1nnnn1C. The number of tetrazole rings is 1. The smallest absolute Gasteiger partial charge is 0.347 e. The van der Waals surface area contributed by atoms with Gasteiger partial charge in [0.25, 0.3) is 0 Å². The number of rotatable bonds is 6. The van der Waals surface area contributed by atoms with E-state index in [0.717, 1.165) is 28.9 Å². The van der Waals surface area contributed by atoms with Crippen LogP contribution >= 0.6 is 11.3 Å². The molecule has 9 heteroatoms. The summed E-state index contributed by atoms with van der Waals surface area (Å²) in [5.74, 6) is 0.269. The van der Waals surface area contributed by atoms with Crippen molar-refractivity contribution in [1.82, 2.24) is 25.2 Å². The highest BCUT2D eigenvalue weighted by Gasteiger charge is 2.19. The third-order valence-electron chi connectivity index (χ3n) is 3.98. The van der Waals surface area contributed by atoms with E-state index in [0.29, 0.717) is 22.3 Å². The van der Waals surface area contributed by atoms with Gasteiger partial charge in [-0.3, -0.25) is 0 Å². The van der Waals surface area contributed by atoms with Crippen LogP contribution in [-0.4, -0.2) is 42.4 Å². The fourth-order valence-corrected chi connectivity index (χ4v) is 3.32. The fourth-order valence-electron chi connectivity index (χ4n) is 2.42. The van der Waals surface area contributed by atoms with Crippen molar-refractivity contribution in [3.05, 3.63) is 28.8 Å². The molecule has 2 heterocycles. The number of aromatic carboxylic acids is 1. The molecule has 0 unspecified atom stereocenters. The van der Waals surface area contributed by atoms with E-state index in [9.17, 15) is 9.90 Å². The van der Waals surface area contributed by atoms with Gasteiger partial charge < -0.3 is 9.84 Å². The zero-order chi connectivity index (χ0) is 18.8. The lowest BCUT2D eigenvalue weighted by atomic mass is 10.1. The van der Waals surface area contributed by atoms with Crippen molar-refractivity contribution >= 4 is 17.3 Å². The highest BCUT2D eigenvalue weighted by molar-refractivity contribution is 7.17. The van der Waals surface area contributed by atoms with Crippen molar-refractivity contribution in [2.24, 2.45) is 7.05 Å². The minimum absolute atomic E-state index is 0.0431. The number of carboxylic acid groups (broad SMARTS) is 1. The Kier molecular flexibility index (Phi) is 4.99. The van der Waals surface area contributed by atoms with Crippen LogP contribution in [0.2, 0.25) is 0 Å². The molecule has 0 amide bonds. The Labute approximate surface area is 154 Å². The number of hydrogen-bond donors (Lipinski definition) is 1. The van der Waals surface area contributed by atoms with Gasteiger partial charge in [0.15, 0.2) is 5.82 Å². The first kappa shape index (κ1) is 18.0. The average Bonchev–Trinajstić information content (AvgIpc) is 3.21. The molecule has 0 saturated carbocycles. The average molecular weight is 373 g/mol. The number of nitrogens with zero attached hydrogens (tertiary/aromatic N) is 5. The maximum Gasteiger partial charge on any atom is 0.347 e. The van der Waals surface area contributed by atoms with Crippen LogP contribution in [0, 0.1) is 6.92 Å². The molecule has 0 aliphatic carbocycles. The molecule has 0 saturated heterocycles. The summed E-state index contributed by atoms with van der Waals surface area (Å²) in [6.07, 6.45) is 0.910. The van der Waals surface area contributed by atoms with Crippen molar-refractivity contribution in [1.29, 1.82) is 0 Å². The largest absolute Gasteiger partial charge is 0.490 e. The summed E-state index contributed by atoms with van der Waals surface area (Å²) in [4.78, 5) is 15.9. The third kappa shape index (κ3) is 3.43. The molecule has 0 bridgehead atoms. The topological polar surface area (TPSA) is 103 Å².